The van der Waals surface area contributed by atoms with Gasteiger partial charge in [-0.3, -0.25) is 0 Å². The minimum atomic E-state index is -3.77. The quantitative estimate of drug-likeness (QED) is 0.737. The van der Waals surface area contributed by atoms with Crippen molar-refractivity contribution in [3.63, 3.8) is 0 Å². The van der Waals surface area contributed by atoms with Crippen LogP contribution in [0.5, 0.6) is 5.75 Å². The zero-order valence-electron chi connectivity index (χ0n) is 15.8. The molecule has 154 valence electrons. The number of hydrogen-bond acceptors (Lipinski definition) is 5. The first kappa shape index (κ1) is 20.5. The number of ether oxygens (including phenoxy) is 1. The number of alkyl halides is 2. The molecule has 28 heavy (non-hydrogen) atoms. The van der Waals surface area contributed by atoms with Crippen LogP contribution in [0.15, 0.2) is 30.5 Å². The van der Waals surface area contributed by atoms with Gasteiger partial charge in [0.1, 0.15) is 17.4 Å². The molecule has 2 aromatic rings. The lowest BCUT2D eigenvalue weighted by molar-refractivity contribution is -0.0500. The molecule has 0 amide bonds. The van der Waals surface area contributed by atoms with E-state index in [0.717, 1.165) is 16.6 Å². The first-order chi connectivity index (χ1) is 13.0. The zero-order chi connectivity index (χ0) is 20.7. The Bertz CT molecular complexity index is 954. The summed E-state index contributed by atoms with van der Waals surface area (Å²) in [7, 11) is -3.77. The maximum absolute atomic E-state index is 14.0. The first-order valence-corrected chi connectivity index (χ1v) is 10.3. The lowest BCUT2D eigenvalue weighted by Crippen LogP contribution is -2.37. The molecule has 6 nitrogen and oxygen atoms in total. The van der Waals surface area contributed by atoms with Gasteiger partial charge >= 0.3 is 6.61 Å². The molecule has 0 N–H and O–H groups in total. The number of anilines is 1. The molecule has 3 rings (SSSR count). The predicted octanol–water partition coefficient (Wildman–Crippen LogP) is 3.94. The van der Waals surface area contributed by atoms with Crippen molar-refractivity contribution in [2.45, 2.75) is 51.0 Å². The minimum Gasteiger partial charge on any atom is -0.435 e. The highest BCUT2D eigenvalue weighted by molar-refractivity contribution is 7.91. The van der Waals surface area contributed by atoms with Crippen LogP contribution in [0.4, 0.5) is 19.0 Å². The molecular weight excluding hydrogens is 395 g/mol. The van der Waals surface area contributed by atoms with Crippen LogP contribution in [0.25, 0.3) is 0 Å². The summed E-state index contributed by atoms with van der Waals surface area (Å²) in [6.45, 7) is 2.20. The van der Waals surface area contributed by atoms with Crippen molar-refractivity contribution < 1.29 is 26.3 Å². The Morgan fingerprint density at radius 1 is 1.25 bits per heavy atom. The molecule has 1 aromatic heterocycles. The van der Waals surface area contributed by atoms with Gasteiger partial charge in [0.2, 0.25) is 0 Å². The lowest BCUT2D eigenvalue weighted by Gasteiger charge is -2.29. The molecule has 0 aliphatic carbocycles. The smallest absolute Gasteiger partial charge is 0.387 e. The van der Waals surface area contributed by atoms with Gasteiger partial charge in [0.05, 0.1) is 17.0 Å². The van der Waals surface area contributed by atoms with Crippen LogP contribution in [0.1, 0.15) is 45.2 Å². The number of hydrogen-bond donors (Lipinski definition) is 0. The zero-order valence-corrected chi connectivity index (χ0v) is 16.6. The van der Waals surface area contributed by atoms with E-state index in [1.54, 1.807) is 31.7 Å². The Morgan fingerprint density at radius 3 is 2.61 bits per heavy atom. The fraction of sp³-hybridized carbons (Fsp3) is 0.500. The summed E-state index contributed by atoms with van der Waals surface area (Å²) in [6, 6.07) is 4.69. The third kappa shape index (κ3) is 3.82. The number of rotatable bonds is 5. The largest absolute Gasteiger partial charge is 0.435 e. The van der Waals surface area contributed by atoms with Crippen molar-refractivity contribution in [2.24, 2.45) is 0 Å². The maximum Gasteiger partial charge on any atom is 0.387 e. The number of aromatic nitrogens is 2. The van der Waals surface area contributed by atoms with Crippen LogP contribution in [0, 0.1) is 5.82 Å². The topological polar surface area (TPSA) is 64.4 Å². The van der Waals surface area contributed by atoms with E-state index in [2.05, 4.69) is 9.84 Å². The fourth-order valence-corrected chi connectivity index (χ4v) is 4.38. The van der Waals surface area contributed by atoms with Crippen LogP contribution in [-0.4, -0.2) is 35.5 Å². The lowest BCUT2D eigenvalue weighted by atomic mass is 10.0. The van der Waals surface area contributed by atoms with Gasteiger partial charge in [-0.15, -0.1) is 4.09 Å². The van der Waals surface area contributed by atoms with E-state index < -0.39 is 27.2 Å². The highest BCUT2D eigenvalue weighted by Gasteiger charge is 2.37. The summed E-state index contributed by atoms with van der Waals surface area (Å²) < 4.78 is 69.0. The van der Waals surface area contributed by atoms with Crippen molar-refractivity contribution in [1.29, 1.82) is 0 Å². The summed E-state index contributed by atoms with van der Waals surface area (Å²) in [6.07, 6.45) is 2.73. The van der Waals surface area contributed by atoms with E-state index in [1.807, 2.05) is 0 Å². The molecule has 0 spiro atoms. The van der Waals surface area contributed by atoms with Gasteiger partial charge in [-0.1, -0.05) is 0 Å². The van der Waals surface area contributed by atoms with Crippen molar-refractivity contribution in [3.8, 4) is 5.75 Å². The monoisotopic (exact) mass is 417 g/mol. The SMILES string of the molecule is CC(C)(C)S(=O)(=O)n1nccc1N1CCCC1c1cc(F)cc(OC(F)F)c1. The van der Waals surface area contributed by atoms with Crippen LogP contribution in [-0.2, 0) is 10.0 Å². The Balaban J connectivity index is 2.00. The van der Waals surface area contributed by atoms with Crippen molar-refractivity contribution in [3.05, 3.63) is 41.8 Å². The molecule has 1 aliphatic rings. The standard InChI is InChI=1S/C18H22F3N3O3S/c1-18(2,3)28(25,26)24-16(6-7-22-24)23-8-4-5-15(23)12-9-13(19)11-14(10-12)27-17(20)21/h6-7,9-11,15,17H,4-5,8H2,1-3H3. The van der Waals surface area contributed by atoms with E-state index in [9.17, 15) is 21.6 Å². The molecular formula is C18H22F3N3O3S. The Morgan fingerprint density at radius 2 is 1.96 bits per heavy atom. The molecule has 1 aromatic carbocycles. The molecule has 1 saturated heterocycles. The third-order valence-electron chi connectivity index (χ3n) is 4.64. The third-order valence-corrected chi connectivity index (χ3v) is 6.93. The van der Waals surface area contributed by atoms with E-state index in [0.29, 0.717) is 24.3 Å². The van der Waals surface area contributed by atoms with Crippen molar-refractivity contribution in [1.82, 2.24) is 9.19 Å². The Hall–Kier alpha value is -2.23. The highest BCUT2D eigenvalue weighted by atomic mass is 32.2. The summed E-state index contributed by atoms with van der Waals surface area (Å²) in [5.41, 5.74) is 0.439. The average Bonchev–Trinajstić information content (AvgIpc) is 3.21. The number of nitrogens with zero attached hydrogens (tertiary/aromatic N) is 3. The van der Waals surface area contributed by atoms with Crippen LogP contribution in [0.3, 0.4) is 0 Å². The van der Waals surface area contributed by atoms with Gasteiger partial charge in [-0.25, -0.2) is 12.8 Å². The van der Waals surface area contributed by atoms with E-state index >= 15 is 0 Å². The minimum absolute atomic E-state index is 0.271. The molecule has 2 heterocycles. The average molecular weight is 417 g/mol. The van der Waals surface area contributed by atoms with E-state index in [1.165, 1.54) is 18.3 Å². The second kappa shape index (κ2) is 7.31. The summed E-state index contributed by atoms with van der Waals surface area (Å²) >= 11 is 0. The van der Waals surface area contributed by atoms with Gasteiger partial charge in [-0.2, -0.15) is 13.9 Å². The van der Waals surface area contributed by atoms with E-state index in [-0.39, 0.29) is 11.8 Å². The number of benzene rings is 1. The normalized spacial score (nSPS) is 18.1. The second-order valence-electron chi connectivity index (χ2n) is 7.60. The van der Waals surface area contributed by atoms with Crippen LogP contribution < -0.4 is 9.64 Å². The summed E-state index contributed by atoms with van der Waals surface area (Å²) in [5, 5.41) is 3.99. The second-order valence-corrected chi connectivity index (χ2v) is 10.1. The van der Waals surface area contributed by atoms with Crippen LogP contribution in [0.2, 0.25) is 0 Å². The molecule has 1 unspecified atom stereocenters. The Labute approximate surface area is 162 Å². The predicted molar refractivity (Wildman–Crippen MR) is 98.7 cm³/mol. The van der Waals surface area contributed by atoms with Gasteiger partial charge < -0.3 is 9.64 Å². The fourth-order valence-electron chi connectivity index (χ4n) is 3.27. The van der Waals surface area contributed by atoms with Crippen molar-refractivity contribution >= 4 is 15.8 Å². The molecule has 1 fully saturated rings. The van der Waals surface area contributed by atoms with Gasteiger partial charge in [0.15, 0.2) is 0 Å². The summed E-state index contributed by atoms with van der Waals surface area (Å²) in [4.78, 5) is 1.80. The number of halogens is 3. The molecule has 0 radical (unpaired) electrons. The van der Waals surface area contributed by atoms with Gasteiger partial charge in [0, 0.05) is 18.7 Å². The molecule has 1 aliphatic heterocycles. The van der Waals surface area contributed by atoms with Crippen molar-refractivity contribution in [2.75, 3.05) is 11.4 Å². The molecule has 0 saturated carbocycles. The molecule has 10 heteroatoms. The Kier molecular flexibility index (Phi) is 5.35. The maximum atomic E-state index is 14.0. The highest BCUT2D eigenvalue weighted by Crippen LogP contribution is 2.38. The van der Waals surface area contributed by atoms with Gasteiger partial charge in [0.25, 0.3) is 10.0 Å². The van der Waals surface area contributed by atoms with Crippen LogP contribution >= 0.6 is 0 Å². The first-order valence-electron chi connectivity index (χ1n) is 8.82. The van der Waals surface area contributed by atoms with E-state index in [4.69, 9.17) is 0 Å². The summed E-state index contributed by atoms with van der Waals surface area (Å²) in [5.74, 6) is -0.610. The molecule has 1 atom stereocenters. The molecule has 0 bridgehead atoms. The van der Waals surface area contributed by atoms with Gasteiger partial charge in [-0.05, 0) is 51.3 Å².